The topological polar surface area (TPSA) is 129 Å². The van der Waals surface area contributed by atoms with Gasteiger partial charge in [0.25, 0.3) is 0 Å². The molecule has 1 aromatic carbocycles. The number of rotatable bonds is 10. The Balaban J connectivity index is 1.58. The molecule has 11 nitrogen and oxygen atoms in total. The van der Waals surface area contributed by atoms with E-state index < -0.39 is 29.6 Å². The number of benzene rings is 1. The second-order valence-electron chi connectivity index (χ2n) is 10.2. The number of aromatic nitrogens is 4. The fourth-order valence-corrected chi connectivity index (χ4v) is 3.88. The molecule has 0 saturated carbocycles. The highest BCUT2D eigenvalue weighted by atomic mass is 19.1. The number of nitrogens with zero attached hydrogens (tertiary/aromatic N) is 4. The van der Waals surface area contributed by atoms with Gasteiger partial charge < -0.3 is 24.8 Å². The Labute approximate surface area is 237 Å². The van der Waals surface area contributed by atoms with Gasteiger partial charge in [-0.05, 0) is 46.2 Å². The fraction of sp³-hybridized carbons (Fsp3) is 0.345. The first-order valence-corrected chi connectivity index (χ1v) is 13.2. The molecule has 0 saturated heterocycles. The number of anilines is 1. The van der Waals surface area contributed by atoms with Crippen LogP contribution >= 0.6 is 0 Å². The Morgan fingerprint density at radius 1 is 1.15 bits per heavy atom. The highest BCUT2D eigenvalue weighted by Gasteiger charge is 2.20. The predicted molar refractivity (Wildman–Crippen MR) is 150 cm³/mol. The molecule has 2 N–H and O–H groups in total. The highest BCUT2D eigenvalue weighted by molar-refractivity contribution is 5.96. The van der Waals surface area contributed by atoms with Crippen molar-refractivity contribution in [2.24, 2.45) is 0 Å². The van der Waals surface area contributed by atoms with Crippen molar-refractivity contribution in [3.05, 3.63) is 71.9 Å². The van der Waals surface area contributed by atoms with Crippen molar-refractivity contribution in [3.8, 4) is 17.0 Å². The molecule has 1 amide bonds. The summed E-state index contributed by atoms with van der Waals surface area (Å²) in [7, 11) is 0. The summed E-state index contributed by atoms with van der Waals surface area (Å²) in [5.74, 6) is -0.450. The summed E-state index contributed by atoms with van der Waals surface area (Å²) in [6.07, 6.45) is 3.17. The number of pyridine rings is 1. The van der Waals surface area contributed by atoms with Crippen LogP contribution in [0.25, 0.3) is 16.8 Å². The molecule has 0 spiro atoms. The van der Waals surface area contributed by atoms with Gasteiger partial charge in [-0.1, -0.05) is 30.3 Å². The largest absolute Gasteiger partial charge is 0.473 e. The summed E-state index contributed by atoms with van der Waals surface area (Å²) in [5.41, 5.74) is 1.88. The molecule has 0 unspecified atom stereocenters. The molecular formula is C29H33FN6O5. The molecule has 4 aromatic rings. The molecule has 0 aliphatic heterocycles. The van der Waals surface area contributed by atoms with Crippen molar-refractivity contribution in [2.45, 2.75) is 52.9 Å². The summed E-state index contributed by atoms with van der Waals surface area (Å²) in [6.45, 7) is 9.24. The Morgan fingerprint density at radius 3 is 2.61 bits per heavy atom. The zero-order valence-electron chi connectivity index (χ0n) is 23.6. The maximum absolute atomic E-state index is 14.2. The van der Waals surface area contributed by atoms with Crippen LogP contribution in [-0.4, -0.2) is 56.5 Å². The number of nitrogens with one attached hydrogen (secondary N) is 2. The number of fused-ring (bicyclic) bond motifs is 1. The van der Waals surface area contributed by atoms with Gasteiger partial charge in [0.2, 0.25) is 5.88 Å². The number of halogens is 1. The van der Waals surface area contributed by atoms with E-state index in [0.29, 0.717) is 22.6 Å². The van der Waals surface area contributed by atoms with E-state index in [-0.39, 0.29) is 31.1 Å². The molecule has 3 aromatic heterocycles. The number of ether oxygens (including phenoxy) is 3. The van der Waals surface area contributed by atoms with Gasteiger partial charge in [-0.3, -0.25) is 0 Å². The first-order chi connectivity index (χ1) is 19.5. The number of hydrogen-bond acceptors (Lipinski definition) is 9. The van der Waals surface area contributed by atoms with Crippen molar-refractivity contribution in [1.29, 1.82) is 0 Å². The number of alkyl carbamates (subject to hydrolysis) is 1. The van der Waals surface area contributed by atoms with E-state index in [4.69, 9.17) is 19.2 Å². The normalized spacial score (nSPS) is 12.0. The minimum absolute atomic E-state index is 0.0954. The number of carbonyl (C=O) groups excluding carboxylic acids is 2. The summed E-state index contributed by atoms with van der Waals surface area (Å²) in [5, 5.41) is 10.2. The summed E-state index contributed by atoms with van der Waals surface area (Å²) >= 11 is 0. The van der Waals surface area contributed by atoms with Crippen LogP contribution in [-0.2, 0) is 16.0 Å². The van der Waals surface area contributed by atoms with Crippen molar-refractivity contribution >= 4 is 23.5 Å². The van der Waals surface area contributed by atoms with Crippen molar-refractivity contribution < 1.29 is 28.2 Å². The molecule has 3 heterocycles. The Kier molecular flexibility index (Phi) is 9.00. The summed E-state index contributed by atoms with van der Waals surface area (Å²) < 4.78 is 32.1. The van der Waals surface area contributed by atoms with E-state index in [0.717, 1.165) is 11.8 Å². The van der Waals surface area contributed by atoms with Gasteiger partial charge in [0.15, 0.2) is 5.65 Å². The third kappa shape index (κ3) is 7.68. The smallest absolute Gasteiger partial charge is 0.407 e. The second kappa shape index (κ2) is 12.6. The van der Waals surface area contributed by atoms with Gasteiger partial charge in [-0.15, -0.1) is 0 Å². The first-order valence-electron chi connectivity index (χ1n) is 13.2. The Morgan fingerprint density at radius 2 is 1.90 bits per heavy atom. The molecule has 12 heteroatoms. The SMILES string of the molecule is CCOC(=O)c1cnn2cc(-c3ccccc3)c(NCc3cc(F)cnc3O[C@@H](C)CNC(=O)OC(C)(C)C)nc12. The molecule has 216 valence electrons. The van der Waals surface area contributed by atoms with E-state index in [1.54, 1.807) is 40.8 Å². The van der Waals surface area contributed by atoms with Crippen molar-refractivity contribution in [3.63, 3.8) is 0 Å². The lowest BCUT2D eigenvalue weighted by Crippen LogP contribution is -2.37. The van der Waals surface area contributed by atoms with Crippen LogP contribution in [0.3, 0.4) is 0 Å². The fourth-order valence-electron chi connectivity index (χ4n) is 3.88. The van der Waals surface area contributed by atoms with Crippen molar-refractivity contribution in [1.82, 2.24) is 24.9 Å². The molecule has 0 aliphatic carbocycles. The predicted octanol–water partition coefficient (Wildman–Crippen LogP) is 5.01. The lowest BCUT2D eigenvalue weighted by Gasteiger charge is -2.21. The molecule has 41 heavy (non-hydrogen) atoms. The first kappa shape index (κ1) is 29.2. The minimum Gasteiger partial charge on any atom is -0.473 e. The molecule has 0 radical (unpaired) electrons. The number of amides is 1. The average Bonchev–Trinajstić information content (AvgIpc) is 3.34. The van der Waals surface area contributed by atoms with E-state index >= 15 is 0 Å². The van der Waals surface area contributed by atoms with Crippen LogP contribution in [0.1, 0.15) is 50.5 Å². The lowest BCUT2D eigenvalue weighted by atomic mass is 10.1. The molecule has 4 rings (SSSR count). The van der Waals surface area contributed by atoms with E-state index in [1.807, 2.05) is 30.3 Å². The Hall–Kier alpha value is -4.74. The third-order valence-electron chi connectivity index (χ3n) is 5.66. The third-order valence-corrected chi connectivity index (χ3v) is 5.66. The monoisotopic (exact) mass is 564 g/mol. The van der Waals surface area contributed by atoms with Crippen LogP contribution in [0.2, 0.25) is 0 Å². The molecular weight excluding hydrogens is 531 g/mol. The molecule has 0 fully saturated rings. The van der Waals surface area contributed by atoms with Crippen LogP contribution in [0, 0.1) is 5.82 Å². The van der Waals surface area contributed by atoms with Gasteiger partial charge in [-0.25, -0.2) is 28.5 Å². The summed E-state index contributed by atoms with van der Waals surface area (Å²) in [4.78, 5) is 33.3. The number of hydrogen-bond donors (Lipinski definition) is 2. The van der Waals surface area contributed by atoms with Gasteiger partial charge in [0.1, 0.15) is 28.9 Å². The van der Waals surface area contributed by atoms with E-state index in [9.17, 15) is 14.0 Å². The zero-order valence-corrected chi connectivity index (χ0v) is 23.6. The van der Waals surface area contributed by atoms with E-state index in [1.165, 1.54) is 16.8 Å². The van der Waals surface area contributed by atoms with Crippen molar-refractivity contribution in [2.75, 3.05) is 18.5 Å². The maximum atomic E-state index is 14.2. The quantitative estimate of drug-likeness (QED) is 0.255. The van der Waals surface area contributed by atoms with Crippen LogP contribution in [0.5, 0.6) is 5.88 Å². The highest BCUT2D eigenvalue weighted by Crippen LogP contribution is 2.29. The van der Waals surface area contributed by atoms with Gasteiger partial charge in [0, 0.05) is 23.9 Å². The van der Waals surface area contributed by atoms with Gasteiger partial charge >= 0.3 is 12.1 Å². The number of carbonyl (C=O) groups is 2. The van der Waals surface area contributed by atoms with Crippen LogP contribution < -0.4 is 15.4 Å². The molecule has 0 aliphatic rings. The summed E-state index contributed by atoms with van der Waals surface area (Å²) in [6, 6.07) is 10.8. The van der Waals surface area contributed by atoms with Gasteiger partial charge in [0.05, 0.1) is 25.5 Å². The second-order valence-corrected chi connectivity index (χ2v) is 10.2. The van der Waals surface area contributed by atoms with E-state index in [2.05, 4.69) is 20.7 Å². The van der Waals surface area contributed by atoms with Gasteiger partial charge in [-0.2, -0.15) is 5.10 Å². The minimum atomic E-state index is -0.630. The average molecular weight is 565 g/mol. The molecule has 0 bridgehead atoms. The lowest BCUT2D eigenvalue weighted by molar-refractivity contribution is 0.0500. The standard InChI is InChI=1S/C29H33FN6O5/c1-6-39-27(37)22-16-34-36-17-23(19-10-8-7-9-11-19)24(35-25(22)36)31-14-20-12-21(30)15-32-26(20)40-18(2)13-33-28(38)41-29(3,4)5/h7-12,15-18H,6,13-14H2,1-5H3,(H,31,35)(H,33,38)/t18-/m0/s1. The van der Waals surface area contributed by atoms with Crippen LogP contribution in [0.4, 0.5) is 15.0 Å². The zero-order chi connectivity index (χ0) is 29.6. The van der Waals surface area contributed by atoms with Crippen LogP contribution in [0.15, 0.2) is 55.0 Å². The molecule has 1 atom stereocenters. The maximum Gasteiger partial charge on any atom is 0.407 e. The number of esters is 1. The Bertz CT molecular complexity index is 1520.